The molecular formula is C4H10NO3P. The van der Waals surface area contributed by atoms with Gasteiger partial charge in [-0.1, -0.05) is 0 Å². The van der Waals surface area contributed by atoms with E-state index in [1.54, 1.807) is 0 Å². The van der Waals surface area contributed by atoms with Crippen LogP contribution in [0.1, 0.15) is 6.42 Å². The molecule has 0 aromatic heterocycles. The van der Waals surface area contributed by atoms with Crippen molar-refractivity contribution in [3.8, 4) is 0 Å². The fraction of sp³-hybridized carbons (Fsp3) is 0.750. The summed E-state index contributed by atoms with van der Waals surface area (Å²) in [5.74, 6) is -0.164. The van der Waals surface area contributed by atoms with Crippen LogP contribution in [0.5, 0.6) is 0 Å². The first-order valence-electron chi connectivity index (χ1n) is 2.60. The standard InChI is InChI=1S/C4H10NO3P/c5-3-4(6)1-2-9(7)8/h9H,1-3,5H2,(H,7,8). The van der Waals surface area contributed by atoms with E-state index in [0.717, 1.165) is 0 Å². The first kappa shape index (κ1) is 8.82. The van der Waals surface area contributed by atoms with Crippen LogP contribution >= 0.6 is 8.03 Å². The maximum Gasteiger partial charge on any atom is 0.189 e. The second-order valence-electron chi connectivity index (χ2n) is 1.64. The number of rotatable bonds is 4. The molecule has 0 heterocycles. The summed E-state index contributed by atoms with van der Waals surface area (Å²) in [7, 11) is -2.47. The molecular weight excluding hydrogens is 141 g/mol. The number of hydrogen-bond donors (Lipinski definition) is 2. The maximum absolute atomic E-state index is 10.4. The van der Waals surface area contributed by atoms with Crippen LogP contribution in [0, 0.1) is 0 Å². The lowest BCUT2D eigenvalue weighted by atomic mass is 10.3. The smallest absolute Gasteiger partial charge is 0.189 e. The van der Waals surface area contributed by atoms with Gasteiger partial charge in [0.2, 0.25) is 0 Å². The van der Waals surface area contributed by atoms with E-state index in [-0.39, 0.29) is 24.9 Å². The minimum atomic E-state index is -2.47. The van der Waals surface area contributed by atoms with Gasteiger partial charge in [-0.05, 0) is 0 Å². The molecule has 0 spiro atoms. The number of carbonyl (C=O) groups is 1. The molecule has 0 aromatic rings. The second kappa shape index (κ2) is 4.68. The zero-order chi connectivity index (χ0) is 7.28. The van der Waals surface area contributed by atoms with Gasteiger partial charge in [0.15, 0.2) is 8.03 Å². The highest BCUT2D eigenvalue weighted by molar-refractivity contribution is 7.38. The van der Waals surface area contributed by atoms with Crippen LogP contribution < -0.4 is 5.73 Å². The van der Waals surface area contributed by atoms with Gasteiger partial charge in [0, 0.05) is 12.6 Å². The van der Waals surface area contributed by atoms with Crippen molar-refractivity contribution in [3.63, 3.8) is 0 Å². The Balaban J connectivity index is 3.28. The number of ketones is 1. The van der Waals surface area contributed by atoms with Crippen molar-refractivity contribution in [1.82, 2.24) is 0 Å². The second-order valence-corrected chi connectivity index (χ2v) is 2.92. The van der Waals surface area contributed by atoms with E-state index in [1.807, 2.05) is 0 Å². The first-order chi connectivity index (χ1) is 4.16. The summed E-state index contributed by atoms with van der Waals surface area (Å²) < 4.78 is 10.0. The number of hydrogen-bond acceptors (Lipinski definition) is 3. The molecule has 1 atom stereocenters. The highest BCUT2D eigenvalue weighted by Gasteiger charge is 1.99. The number of carbonyl (C=O) groups excluding carboxylic acids is 1. The van der Waals surface area contributed by atoms with Crippen molar-refractivity contribution in [2.45, 2.75) is 6.42 Å². The van der Waals surface area contributed by atoms with Gasteiger partial charge in [0.1, 0.15) is 5.78 Å². The summed E-state index contributed by atoms with van der Waals surface area (Å²) >= 11 is 0. The van der Waals surface area contributed by atoms with Crippen molar-refractivity contribution in [2.75, 3.05) is 12.7 Å². The molecule has 0 saturated carbocycles. The Morgan fingerprint density at radius 2 is 2.22 bits per heavy atom. The van der Waals surface area contributed by atoms with Crippen LogP contribution in [0.15, 0.2) is 0 Å². The Labute approximate surface area is 53.9 Å². The van der Waals surface area contributed by atoms with Crippen molar-refractivity contribution in [1.29, 1.82) is 0 Å². The summed E-state index contributed by atoms with van der Waals surface area (Å²) in [5, 5.41) is 0. The molecule has 1 unspecified atom stereocenters. The van der Waals surface area contributed by atoms with E-state index >= 15 is 0 Å². The predicted molar refractivity (Wildman–Crippen MR) is 34.8 cm³/mol. The average Bonchev–Trinajstić information content (AvgIpc) is 1.83. The molecule has 0 aromatic carbocycles. The van der Waals surface area contributed by atoms with E-state index in [9.17, 15) is 9.36 Å². The highest BCUT2D eigenvalue weighted by atomic mass is 31.1. The van der Waals surface area contributed by atoms with Crippen LogP contribution in [0.3, 0.4) is 0 Å². The molecule has 0 saturated heterocycles. The fourth-order valence-electron chi connectivity index (χ4n) is 0.348. The van der Waals surface area contributed by atoms with Gasteiger partial charge >= 0.3 is 0 Å². The third-order valence-corrected chi connectivity index (χ3v) is 1.52. The van der Waals surface area contributed by atoms with Gasteiger partial charge in [-0.3, -0.25) is 9.36 Å². The summed E-state index contributed by atoms with van der Waals surface area (Å²) in [6.45, 7) is -0.0326. The molecule has 54 valence electrons. The molecule has 0 aliphatic heterocycles. The zero-order valence-corrected chi connectivity index (χ0v) is 5.96. The summed E-state index contributed by atoms with van der Waals surface area (Å²) in [4.78, 5) is 18.6. The molecule has 0 radical (unpaired) electrons. The Bertz CT molecular complexity index is 125. The lowest BCUT2D eigenvalue weighted by molar-refractivity contribution is -0.117. The van der Waals surface area contributed by atoms with Crippen molar-refractivity contribution >= 4 is 13.8 Å². The van der Waals surface area contributed by atoms with Crippen LogP contribution in [0.25, 0.3) is 0 Å². The van der Waals surface area contributed by atoms with Crippen LogP contribution in [0.4, 0.5) is 0 Å². The Morgan fingerprint density at radius 3 is 2.56 bits per heavy atom. The lowest BCUT2D eigenvalue weighted by Gasteiger charge is -1.91. The van der Waals surface area contributed by atoms with Crippen molar-refractivity contribution in [2.24, 2.45) is 5.73 Å². The normalized spacial score (nSPS) is 13.1. The molecule has 5 heteroatoms. The third kappa shape index (κ3) is 5.69. The monoisotopic (exact) mass is 151 g/mol. The highest BCUT2D eigenvalue weighted by Crippen LogP contribution is 2.13. The van der Waals surface area contributed by atoms with E-state index in [0.29, 0.717) is 0 Å². The first-order valence-corrected chi connectivity index (χ1v) is 4.16. The van der Waals surface area contributed by atoms with Crippen molar-refractivity contribution in [3.05, 3.63) is 0 Å². The van der Waals surface area contributed by atoms with Gasteiger partial charge in [0.25, 0.3) is 0 Å². The van der Waals surface area contributed by atoms with Crippen LogP contribution in [-0.2, 0) is 9.36 Å². The number of nitrogens with two attached hydrogens (primary N) is 1. The molecule has 4 nitrogen and oxygen atoms in total. The largest absolute Gasteiger partial charge is 0.346 e. The molecule has 3 N–H and O–H groups in total. The summed E-state index contributed by atoms with van der Waals surface area (Å²) in [6, 6.07) is 0. The van der Waals surface area contributed by atoms with E-state index in [2.05, 4.69) is 0 Å². The molecule has 0 aliphatic rings. The Morgan fingerprint density at radius 1 is 1.67 bits per heavy atom. The molecule has 0 amide bonds. The van der Waals surface area contributed by atoms with E-state index in [4.69, 9.17) is 10.6 Å². The summed E-state index contributed by atoms with van der Waals surface area (Å²) in [5.41, 5.74) is 4.94. The van der Waals surface area contributed by atoms with Gasteiger partial charge in [-0.25, -0.2) is 0 Å². The zero-order valence-electron chi connectivity index (χ0n) is 4.96. The maximum atomic E-state index is 10.4. The number of Topliss-reactive ketones (excluding diaryl/α,β-unsaturated/α-hetero) is 1. The van der Waals surface area contributed by atoms with Gasteiger partial charge in [-0.15, -0.1) is 0 Å². The van der Waals surface area contributed by atoms with E-state index in [1.165, 1.54) is 0 Å². The lowest BCUT2D eigenvalue weighted by Crippen LogP contribution is -2.13. The summed E-state index contributed by atoms with van der Waals surface area (Å²) in [6.07, 6.45) is 0.200. The molecule has 9 heavy (non-hydrogen) atoms. The van der Waals surface area contributed by atoms with Crippen molar-refractivity contribution < 1.29 is 14.3 Å². The Hall–Kier alpha value is -0.180. The molecule has 0 bridgehead atoms. The minimum absolute atomic E-state index is 0.0326. The van der Waals surface area contributed by atoms with Gasteiger partial charge < -0.3 is 10.6 Å². The van der Waals surface area contributed by atoms with Crippen LogP contribution in [0.2, 0.25) is 0 Å². The predicted octanol–water partition coefficient (Wildman–Crippen LogP) is -0.629. The Kier molecular flexibility index (Phi) is 4.58. The molecule has 0 aliphatic carbocycles. The van der Waals surface area contributed by atoms with Crippen LogP contribution in [-0.4, -0.2) is 23.4 Å². The van der Waals surface area contributed by atoms with Gasteiger partial charge in [-0.2, -0.15) is 0 Å². The fourth-order valence-corrected chi connectivity index (χ4v) is 0.841. The average molecular weight is 151 g/mol. The SMILES string of the molecule is NCC(=O)CC[PH](=O)O. The minimum Gasteiger partial charge on any atom is -0.346 e. The topological polar surface area (TPSA) is 80.4 Å². The molecule has 0 fully saturated rings. The third-order valence-electron chi connectivity index (χ3n) is 0.845. The molecule has 0 rings (SSSR count). The quantitative estimate of drug-likeness (QED) is 0.524. The van der Waals surface area contributed by atoms with Gasteiger partial charge in [0.05, 0.1) is 6.54 Å². The van der Waals surface area contributed by atoms with E-state index < -0.39 is 8.03 Å².